The number of hydrazone groups is 1. The largest absolute Gasteiger partial charge is 0.496 e. The van der Waals surface area contributed by atoms with Gasteiger partial charge in [0, 0.05) is 28.2 Å². The first-order valence-electron chi connectivity index (χ1n) is 8.74. The van der Waals surface area contributed by atoms with E-state index >= 15 is 0 Å². The van der Waals surface area contributed by atoms with Crippen molar-refractivity contribution in [3.05, 3.63) is 82.7 Å². The number of aromatic nitrogens is 1. The first-order chi connectivity index (χ1) is 12.6. The van der Waals surface area contributed by atoms with Gasteiger partial charge in [-0.15, -0.1) is 0 Å². The van der Waals surface area contributed by atoms with Gasteiger partial charge in [-0.05, 0) is 45.0 Å². The molecule has 1 N–H and O–H groups in total. The van der Waals surface area contributed by atoms with Crippen molar-refractivity contribution in [3.8, 4) is 11.4 Å². The smallest absolute Gasteiger partial charge is 0.123 e. The highest BCUT2D eigenvalue weighted by molar-refractivity contribution is 5.82. The average Bonchev–Trinajstić information content (AvgIpc) is 2.93. The summed E-state index contributed by atoms with van der Waals surface area (Å²) in [5, 5.41) is 4.39. The number of aryl methyl sites for hydroxylation is 2. The Hall–Kier alpha value is -3.01. The minimum atomic E-state index is 0.622. The maximum Gasteiger partial charge on any atom is 0.123 e. The fourth-order valence-electron chi connectivity index (χ4n) is 3.10. The lowest BCUT2D eigenvalue weighted by Crippen LogP contribution is -2.07. The number of para-hydroxylation sites is 1. The number of methoxy groups -OCH3 is 1. The Morgan fingerprint density at radius 1 is 1.04 bits per heavy atom. The highest BCUT2D eigenvalue weighted by Crippen LogP contribution is 2.20. The van der Waals surface area contributed by atoms with Crippen LogP contribution in [0.1, 0.15) is 28.1 Å². The van der Waals surface area contributed by atoms with Gasteiger partial charge in [0.05, 0.1) is 19.9 Å². The summed E-state index contributed by atoms with van der Waals surface area (Å²) in [7, 11) is 1.68. The van der Waals surface area contributed by atoms with Gasteiger partial charge in [-0.3, -0.25) is 0 Å². The summed E-state index contributed by atoms with van der Waals surface area (Å²) in [6.45, 7) is 6.96. The van der Waals surface area contributed by atoms with Gasteiger partial charge >= 0.3 is 0 Å². The van der Waals surface area contributed by atoms with Crippen LogP contribution in [0.2, 0.25) is 0 Å². The van der Waals surface area contributed by atoms with Gasteiger partial charge in [-0.25, -0.2) is 0 Å². The zero-order chi connectivity index (χ0) is 18.5. The van der Waals surface area contributed by atoms with E-state index in [1.54, 1.807) is 7.11 Å². The van der Waals surface area contributed by atoms with Crippen LogP contribution >= 0.6 is 0 Å². The van der Waals surface area contributed by atoms with E-state index < -0.39 is 0 Å². The van der Waals surface area contributed by atoms with Crippen LogP contribution in [0.4, 0.5) is 0 Å². The fourth-order valence-corrected chi connectivity index (χ4v) is 3.10. The van der Waals surface area contributed by atoms with Gasteiger partial charge in [0.1, 0.15) is 5.75 Å². The van der Waals surface area contributed by atoms with E-state index in [9.17, 15) is 0 Å². The summed E-state index contributed by atoms with van der Waals surface area (Å²) < 4.78 is 7.61. The molecule has 4 heteroatoms. The van der Waals surface area contributed by atoms with Crippen molar-refractivity contribution >= 4 is 6.21 Å². The predicted molar refractivity (Wildman–Crippen MR) is 107 cm³/mol. The molecule has 3 aromatic rings. The number of hydrogen-bond donors (Lipinski definition) is 1. The third-order valence-electron chi connectivity index (χ3n) is 4.52. The quantitative estimate of drug-likeness (QED) is 0.525. The number of ether oxygens (including phenoxy) is 1. The van der Waals surface area contributed by atoms with Gasteiger partial charge < -0.3 is 14.7 Å². The number of nitrogens with zero attached hydrogens (tertiary/aromatic N) is 2. The zero-order valence-electron chi connectivity index (χ0n) is 15.8. The van der Waals surface area contributed by atoms with Crippen LogP contribution < -0.4 is 10.2 Å². The van der Waals surface area contributed by atoms with Crippen LogP contribution in [0.5, 0.6) is 5.75 Å². The predicted octanol–water partition coefficient (Wildman–Crippen LogP) is 4.53. The molecule has 0 spiro atoms. The Morgan fingerprint density at radius 2 is 1.77 bits per heavy atom. The van der Waals surface area contributed by atoms with E-state index in [4.69, 9.17) is 4.74 Å². The van der Waals surface area contributed by atoms with Crippen molar-refractivity contribution in [3.63, 3.8) is 0 Å². The summed E-state index contributed by atoms with van der Waals surface area (Å²) >= 11 is 0. The number of hydrogen-bond acceptors (Lipinski definition) is 3. The first-order valence-corrected chi connectivity index (χ1v) is 8.74. The Labute approximate surface area is 155 Å². The molecule has 0 unspecified atom stereocenters. The number of benzene rings is 2. The third kappa shape index (κ3) is 3.80. The van der Waals surface area contributed by atoms with Crippen molar-refractivity contribution in [2.24, 2.45) is 5.10 Å². The lowest BCUT2D eigenvalue weighted by molar-refractivity contribution is 0.408. The fraction of sp³-hybridized carbons (Fsp3) is 0.227. The normalized spacial score (nSPS) is 11.1. The molecule has 0 saturated heterocycles. The van der Waals surface area contributed by atoms with Crippen LogP contribution in [0.15, 0.2) is 59.7 Å². The molecule has 0 radical (unpaired) electrons. The Kier molecular flexibility index (Phi) is 5.42. The second-order valence-corrected chi connectivity index (χ2v) is 6.40. The summed E-state index contributed by atoms with van der Waals surface area (Å²) in [5.74, 6) is 0.868. The Morgan fingerprint density at radius 3 is 2.50 bits per heavy atom. The maximum absolute atomic E-state index is 5.36. The highest BCUT2D eigenvalue weighted by atomic mass is 16.5. The molecule has 0 atom stereocenters. The van der Waals surface area contributed by atoms with Gasteiger partial charge in [0.2, 0.25) is 0 Å². The van der Waals surface area contributed by atoms with E-state index in [0.717, 1.165) is 16.9 Å². The second-order valence-electron chi connectivity index (χ2n) is 6.40. The summed E-state index contributed by atoms with van der Waals surface area (Å²) in [6.07, 6.45) is 1.88. The summed E-state index contributed by atoms with van der Waals surface area (Å²) in [6, 6.07) is 18.7. The van der Waals surface area contributed by atoms with E-state index in [2.05, 4.69) is 66.2 Å². The minimum Gasteiger partial charge on any atom is -0.496 e. The molecule has 4 nitrogen and oxygen atoms in total. The second kappa shape index (κ2) is 7.91. The number of nitrogens with one attached hydrogen (secondary N) is 1. The molecular weight excluding hydrogens is 322 g/mol. The van der Waals surface area contributed by atoms with Crippen LogP contribution in [0.3, 0.4) is 0 Å². The van der Waals surface area contributed by atoms with E-state index in [1.165, 1.54) is 22.6 Å². The molecule has 3 rings (SSSR count). The molecule has 0 aliphatic heterocycles. The number of rotatable bonds is 6. The molecule has 0 fully saturated rings. The van der Waals surface area contributed by atoms with E-state index in [1.807, 2.05) is 30.5 Å². The van der Waals surface area contributed by atoms with E-state index in [0.29, 0.717) is 6.54 Å². The Balaban J connectivity index is 1.73. The molecular formula is C22H25N3O. The van der Waals surface area contributed by atoms with Crippen LogP contribution in [-0.4, -0.2) is 17.9 Å². The van der Waals surface area contributed by atoms with Gasteiger partial charge in [-0.1, -0.05) is 35.9 Å². The van der Waals surface area contributed by atoms with Crippen molar-refractivity contribution in [2.75, 3.05) is 7.11 Å². The SMILES string of the molecule is COc1ccccc1CN/N=C\c1cc(C)n(-c2ccc(C)cc2)c1C. The molecule has 0 aliphatic rings. The van der Waals surface area contributed by atoms with Crippen molar-refractivity contribution in [2.45, 2.75) is 27.3 Å². The van der Waals surface area contributed by atoms with Gasteiger partial charge in [-0.2, -0.15) is 5.10 Å². The molecule has 0 amide bonds. The monoisotopic (exact) mass is 347 g/mol. The minimum absolute atomic E-state index is 0.622. The van der Waals surface area contributed by atoms with Gasteiger partial charge in [0.15, 0.2) is 0 Å². The lowest BCUT2D eigenvalue weighted by atomic mass is 10.2. The summed E-state index contributed by atoms with van der Waals surface area (Å²) in [5.41, 5.74) is 10.1. The van der Waals surface area contributed by atoms with Crippen molar-refractivity contribution in [1.29, 1.82) is 0 Å². The highest BCUT2D eigenvalue weighted by Gasteiger charge is 2.09. The van der Waals surface area contributed by atoms with Crippen LogP contribution in [-0.2, 0) is 6.54 Å². The van der Waals surface area contributed by atoms with Crippen molar-refractivity contribution < 1.29 is 4.74 Å². The molecule has 0 saturated carbocycles. The molecule has 1 heterocycles. The van der Waals surface area contributed by atoms with Crippen LogP contribution in [0, 0.1) is 20.8 Å². The summed E-state index contributed by atoms with van der Waals surface area (Å²) in [4.78, 5) is 0. The van der Waals surface area contributed by atoms with Gasteiger partial charge in [0.25, 0.3) is 0 Å². The zero-order valence-corrected chi connectivity index (χ0v) is 15.8. The standard InChI is InChI=1S/C22H25N3O/c1-16-9-11-21(12-10-16)25-17(2)13-20(18(25)3)15-24-23-14-19-7-5-6-8-22(19)26-4/h5-13,15,23H,14H2,1-4H3/b24-15-. The first kappa shape index (κ1) is 17.8. The maximum atomic E-state index is 5.36. The van der Waals surface area contributed by atoms with E-state index in [-0.39, 0.29) is 0 Å². The molecule has 26 heavy (non-hydrogen) atoms. The molecule has 1 aromatic heterocycles. The average molecular weight is 347 g/mol. The van der Waals surface area contributed by atoms with Crippen LogP contribution in [0.25, 0.3) is 5.69 Å². The molecule has 2 aromatic carbocycles. The Bertz CT molecular complexity index is 908. The molecule has 0 aliphatic carbocycles. The molecule has 134 valence electrons. The topological polar surface area (TPSA) is 38.5 Å². The lowest BCUT2D eigenvalue weighted by Gasteiger charge is -2.10. The third-order valence-corrected chi connectivity index (χ3v) is 4.52. The molecule has 0 bridgehead atoms. The van der Waals surface area contributed by atoms with Crippen molar-refractivity contribution in [1.82, 2.24) is 9.99 Å².